The molecule has 1 N–H and O–H groups in total. The van der Waals surface area contributed by atoms with Crippen LogP contribution < -0.4 is 14.8 Å². The first kappa shape index (κ1) is 12.6. The van der Waals surface area contributed by atoms with Gasteiger partial charge in [0.2, 0.25) is 12.7 Å². The molecule has 1 aromatic rings. The average molecular weight is 280 g/mol. The fraction of sp³-hybridized carbons (Fsp3) is 0.462. The molecule has 0 aliphatic carbocycles. The fourth-order valence-electron chi connectivity index (χ4n) is 2.21. The van der Waals surface area contributed by atoms with Crippen LogP contribution in [0.4, 0.5) is 0 Å². The lowest BCUT2D eigenvalue weighted by Crippen LogP contribution is -2.42. The minimum absolute atomic E-state index is 0.0518. The highest BCUT2D eigenvalue weighted by molar-refractivity contribution is 7.99. The summed E-state index contributed by atoms with van der Waals surface area (Å²) in [6.45, 7) is 0.856. The summed E-state index contributed by atoms with van der Waals surface area (Å²) in [6, 6.07) is 5.74. The smallest absolute Gasteiger partial charge is 0.240 e. The summed E-state index contributed by atoms with van der Waals surface area (Å²) >= 11 is 1.76. The largest absolute Gasteiger partial charge is 0.454 e. The van der Waals surface area contributed by atoms with Gasteiger partial charge in [-0.05, 0) is 17.7 Å². The van der Waals surface area contributed by atoms with Gasteiger partial charge >= 0.3 is 0 Å². The van der Waals surface area contributed by atoms with Gasteiger partial charge in [-0.15, -0.1) is 11.8 Å². The molecule has 1 aromatic carbocycles. The van der Waals surface area contributed by atoms with Crippen molar-refractivity contribution in [2.75, 3.05) is 25.5 Å². The SMILES string of the molecule is CN(Cc1ccc2c(c1)OCO2)C(=O)[C@@H]1CSCN1. The zero-order valence-corrected chi connectivity index (χ0v) is 11.5. The lowest BCUT2D eigenvalue weighted by Gasteiger charge is -2.21. The van der Waals surface area contributed by atoms with E-state index in [2.05, 4.69) is 5.32 Å². The van der Waals surface area contributed by atoms with Crippen LogP contribution in [-0.4, -0.2) is 42.3 Å². The van der Waals surface area contributed by atoms with Gasteiger partial charge in [-0.2, -0.15) is 0 Å². The molecular weight excluding hydrogens is 264 g/mol. The third-order valence-electron chi connectivity index (χ3n) is 3.25. The average Bonchev–Trinajstić information content (AvgIpc) is 3.08. The molecular formula is C13H16N2O3S. The summed E-state index contributed by atoms with van der Waals surface area (Å²) in [6.07, 6.45) is 0. The van der Waals surface area contributed by atoms with Gasteiger partial charge in [0.15, 0.2) is 11.5 Å². The van der Waals surface area contributed by atoms with Crippen molar-refractivity contribution < 1.29 is 14.3 Å². The molecule has 1 fully saturated rings. The summed E-state index contributed by atoms with van der Waals surface area (Å²) < 4.78 is 10.6. The van der Waals surface area contributed by atoms with Crippen molar-refractivity contribution in [2.45, 2.75) is 12.6 Å². The Kier molecular flexibility index (Phi) is 3.52. The van der Waals surface area contributed by atoms with Crippen LogP contribution in [0.2, 0.25) is 0 Å². The van der Waals surface area contributed by atoms with Crippen LogP contribution in [0.25, 0.3) is 0 Å². The monoisotopic (exact) mass is 280 g/mol. The maximum atomic E-state index is 12.2. The predicted molar refractivity (Wildman–Crippen MR) is 73.3 cm³/mol. The fourth-order valence-corrected chi connectivity index (χ4v) is 3.14. The predicted octanol–water partition coefficient (Wildman–Crippen LogP) is 1.04. The number of hydrogen-bond donors (Lipinski definition) is 1. The number of benzene rings is 1. The molecule has 0 saturated carbocycles. The molecule has 3 rings (SSSR count). The number of fused-ring (bicyclic) bond motifs is 1. The number of amides is 1. The van der Waals surface area contributed by atoms with Gasteiger partial charge in [-0.25, -0.2) is 0 Å². The number of thioether (sulfide) groups is 1. The van der Waals surface area contributed by atoms with Crippen LogP contribution in [0.3, 0.4) is 0 Å². The second-order valence-corrected chi connectivity index (χ2v) is 5.68. The number of nitrogens with zero attached hydrogens (tertiary/aromatic N) is 1. The second-order valence-electron chi connectivity index (χ2n) is 4.65. The first-order valence-electron chi connectivity index (χ1n) is 6.18. The van der Waals surface area contributed by atoms with Crippen LogP contribution in [0, 0.1) is 0 Å². The Morgan fingerprint density at radius 3 is 3.11 bits per heavy atom. The summed E-state index contributed by atoms with van der Waals surface area (Å²) in [5.41, 5.74) is 1.05. The Morgan fingerprint density at radius 1 is 1.47 bits per heavy atom. The van der Waals surface area contributed by atoms with Crippen LogP contribution in [0.15, 0.2) is 18.2 Å². The Labute approximate surface area is 116 Å². The molecule has 2 aliphatic heterocycles. The van der Waals surface area contributed by atoms with Gasteiger partial charge in [-0.1, -0.05) is 6.07 Å². The number of likely N-dealkylation sites (N-methyl/N-ethyl adjacent to an activating group) is 1. The molecule has 1 atom stereocenters. The van der Waals surface area contributed by atoms with Gasteiger partial charge in [0.1, 0.15) is 0 Å². The highest BCUT2D eigenvalue weighted by atomic mass is 32.2. The molecule has 0 spiro atoms. The standard InChI is InChI=1S/C13H16N2O3S/c1-15(13(16)10-6-19-7-14-10)5-9-2-3-11-12(4-9)18-8-17-11/h2-4,10,14H,5-8H2,1H3/t10-/m0/s1. The molecule has 1 saturated heterocycles. The summed E-state index contributed by atoms with van der Waals surface area (Å²) in [7, 11) is 1.83. The van der Waals surface area contributed by atoms with Crippen molar-refractivity contribution in [1.29, 1.82) is 0 Å². The molecule has 6 heteroatoms. The van der Waals surface area contributed by atoms with E-state index >= 15 is 0 Å². The number of ether oxygens (including phenoxy) is 2. The first-order valence-corrected chi connectivity index (χ1v) is 7.34. The van der Waals surface area contributed by atoms with Crippen LogP contribution in [0.5, 0.6) is 11.5 Å². The first-order chi connectivity index (χ1) is 9.24. The molecule has 0 radical (unpaired) electrons. The summed E-state index contributed by atoms with van der Waals surface area (Å²) in [5.74, 6) is 3.38. The lowest BCUT2D eigenvalue weighted by atomic mass is 10.2. The van der Waals surface area contributed by atoms with E-state index in [-0.39, 0.29) is 18.7 Å². The van der Waals surface area contributed by atoms with E-state index < -0.39 is 0 Å². The molecule has 19 heavy (non-hydrogen) atoms. The number of nitrogens with one attached hydrogen (secondary N) is 1. The molecule has 5 nitrogen and oxygen atoms in total. The van der Waals surface area contributed by atoms with Gasteiger partial charge < -0.3 is 14.4 Å². The zero-order valence-electron chi connectivity index (χ0n) is 10.7. The van der Waals surface area contributed by atoms with Crippen LogP contribution in [0.1, 0.15) is 5.56 Å². The van der Waals surface area contributed by atoms with Crippen molar-refractivity contribution in [3.05, 3.63) is 23.8 Å². The minimum atomic E-state index is -0.0518. The molecule has 2 aliphatic rings. The Balaban J connectivity index is 1.65. The summed E-state index contributed by atoms with van der Waals surface area (Å²) in [4.78, 5) is 13.9. The van der Waals surface area contributed by atoms with Crippen molar-refractivity contribution in [3.63, 3.8) is 0 Å². The molecule has 1 amide bonds. The van der Waals surface area contributed by atoms with E-state index in [1.807, 2.05) is 25.2 Å². The van der Waals surface area contributed by atoms with Crippen molar-refractivity contribution in [3.8, 4) is 11.5 Å². The molecule has 0 unspecified atom stereocenters. The van der Waals surface area contributed by atoms with Crippen LogP contribution >= 0.6 is 11.8 Å². The van der Waals surface area contributed by atoms with Crippen molar-refractivity contribution in [1.82, 2.24) is 10.2 Å². The number of carbonyl (C=O) groups excluding carboxylic acids is 1. The van der Waals surface area contributed by atoms with E-state index in [1.165, 1.54) is 0 Å². The van der Waals surface area contributed by atoms with E-state index in [4.69, 9.17) is 9.47 Å². The third kappa shape index (κ3) is 2.64. The number of hydrogen-bond acceptors (Lipinski definition) is 5. The topological polar surface area (TPSA) is 50.8 Å². The van der Waals surface area contributed by atoms with E-state index in [1.54, 1.807) is 16.7 Å². The third-order valence-corrected chi connectivity index (χ3v) is 4.19. The van der Waals surface area contributed by atoms with Crippen molar-refractivity contribution >= 4 is 17.7 Å². The van der Waals surface area contributed by atoms with Gasteiger partial charge in [0.25, 0.3) is 0 Å². The highest BCUT2D eigenvalue weighted by Crippen LogP contribution is 2.32. The molecule has 102 valence electrons. The van der Waals surface area contributed by atoms with Gasteiger partial charge in [-0.3, -0.25) is 10.1 Å². The molecule has 0 aromatic heterocycles. The maximum Gasteiger partial charge on any atom is 0.240 e. The van der Waals surface area contributed by atoms with E-state index in [0.29, 0.717) is 6.54 Å². The minimum Gasteiger partial charge on any atom is -0.454 e. The maximum absolute atomic E-state index is 12.2. The Hall–Kier alpha value is -1.40. The normalized spacial score (nSPS) is 20.6. The quantitative estimate of drug-likeness (QED) is 0.896. The Bertz CT molecular complexity index is 489. The second kappa shape index (κ2) is 5.30. The van der Waals surface area contributed by atoms with Crippen molar-refractivity contribution in [2.24, 2.45) is 0 Å². The molecule has 0 bridgehead atoms. The van der Waals surface area contributed by atoms with Gasteiger partial charge in [0.05, 0.1) is 6.04 Å². The summed E-state index contributed by atoms with van der Waals surface area (Å²) in [5, 5.41) is 3.19. The van der Waals surface area contributed by atoms with Crippen LogP contribution in [-0.2, 0) is 11.3 Å². The number of rotatable bonds is 3. The lowest BCUT2D eigenvalue weighted by molar-refractivity contribution is -0.131. The molecule has 2 heterocycles. The zero-order chi connectivity index (χ0) is 13.2. The van der Waals surface area contributed by atoms with E-state index in [9.17, 15) is 4.79 Å². The van der Waals surface area contributed by atoms with Gasteiger partial charge in [0, 0.05) is 25.2 Å². The Morgan fingerprint density at radius 2 is 2.32 bits per heavy atom. The highest BCUT2D eigenvalue weighted by Gasteiger charge is 2.25. The number of carbonyl (C=O) groups is 1. The van der Waals surface area contributed by atoms with E-state index in [0.717, 1.165) is 28.7 Å².